The third-order valence-electron chi connectivity index (χ3n) is 12.2. The largest absolute Gasteiger partial charge is 0.198 e. The Morgan fingerprint density at radius 2 is 0.972 bits per heavy atom. The number of unbranched alkanes of at least 4 members (excludes halogenated alkanes) is 2. The zero-order valence-corrected chi connectivity index (χ0v) is 24.5. The standard InChI is InChI=1S/C35H61N/c1-3-5-6-8-29-11-17-31(18-12-29)32-19-13-30(14-20-32)21-24-35(27-36)25-22-34(23-26-35)33-15-9-28(7-4-2)10-16-33/h28-34H,3-26H2,1-2H3. The number of rotatable bonds is 11. The van der Waals surface area contributed by atoms with Crippen molar-refractivity contribution in [1.29, 1.82) is 5.26 Å². The molecule has 0 spiro atoms. The molecule has 4 fully saturated rings. The lowest BCUT2D eigenvalue weighted by molar-refractivity contribution is 0.104. The van der Waals surface area contributed by atoms with Crippen molar-refractivity contribution in [3.05, 3.63) is 0 Å². The normalized spacial score (nSPS) is 40.0. The minimum Gasteiger partial charge on any atom is -0.198 e. The van der Waals surface area contributed by atoms with Gasteiger partial charge in [0.15, 0.2) is 0 Å². The second-order valence-corrected chi connectivity index (χ2v) is 14.4. The Labute approximate surface area is 226 Å². The Hall–Kier alpha value is -0.510. The van der Waals surface area contributed by atoms with Crippen molar-refractivity contribution in [1.82, 2.24) is 0 Å². The lowest BCUT2D eigenvalue weighted by Gasteiger charge is -2.42. The fourth-order valence-electron chi connectivity index (χ4n) is 9.50. The van der Waals surface area contributed by atoms with Crippen LogP contribution in [0, 0.1) is 58.2 Å². The molecule has 4 rings (SSSR count). The maximum absolute atomic E-state index is 10.2. The summed E-state index contributed by atoms with van der Waals surface area (Å²) in [4.78, 5) is 0. The van der Waals surface area contributed by atoms with Gasteiger partial charge < -0.3 is 0 Å². The van der Waals surface area contributed by atoms with Crippen LogP contribution in [0.15, 0.2) is 0 Å². The Bertz CT molecular complexity index is 628. The van der Waals surface area contributed by atoms with Crippen LogP contribution in [-0.4, -0.2) is 0 Å². The molecule has 1 heteroatoms. The zero-order valence-electron chi connectivity index (χ0n) is 24.5. The van der Waals surface area contributed by atoms with Gasteiger partial charge in [-0.3, -0.25) is 0 Å². The first-order valence-electron chi connectivity index (χ1n) is 17.1. The molecule has 0 aliphatic heterocycles. The van der Waals surface area contributed by atoms with E-state index in [1.807, 2.05) is 0 Å². The van der Waals surface area contributed by atoms with Gasteiger partial charge in [-0.2, -0.15) is 5.26 Å². The summed E-state index contributed by atoms with van der Waals surface area (Å²) in [6.45, 7) is 4.68. The smallest absolute Gasteiger partial charge is 0.0689 e. The van der Waals surface area contributed by atoms with Crippen molar-refractivity contribution < 1.29 is 0 Å². The molecule has 0 unspecified atom stereocenters. The second-order valence-electron chi connectivity index (χ2n) is 14.4. The van der Waals surface area contributed by atoms with E-state index < -0.39 is 0 Å². The Morgan fingerprint density at radius 3 is 1.42 bits per heavy atom. The van der Waals surface area contributed by atoms with Crippen LogP contribution >= 0.6 is 0 Å². The van der Waals surface area contributed by atoms with Gasteiger partial charge in [-0.25, -0.2) is 0 Å². The van der Waals surface area contributed by atoms with Gasteiger partial charge >= 0.3 is 0 Å². The van der Waals surface area contributed by atoms with Crippen LogP contribution in [-0.2, 0) is 0 Å². The van der Waals surface area contributed by atoms with Crippen molar-refractivity contribution >= 4 is 0 Å². The van der Waals surface area contributed by atoms with Crippen molar-refractivity contribution in [3.63, 3.8) is 0 Å². The SMILES string of the molecule is CCCCCC1CCC(C2CCC(CCC3(C#N)CCC(C4CCC(CCC)CC4)CC3)CC2)CC1. The molecular formula is C35H61N. The number of hydrogen-bond acceptors (Lipinski definition) is 1. The molecule has 0 aromatic heterocycles. The number of nitrogens with zero attached hydrogens (tertiary/aromatic N) is 1. The fourth-order valence-corrected chi connectivity index (χ4v) is 9.50. The molecule has 0 heterocycles. The molecule has 4 aliphatic rings. The Kier molecular flexibility index (Phi) is 11.5. The molecule has 0 radical (unpaired) electrons. The van der Waals surface area contributed by atoms with Crippen LogP contribution in [0.5, 0.6) is 0 Å². The maximum atomic E-state index is 10.2. The molecule has 36 heavy (non-hydrogen) atoms. The minimum absolute atomic E-state index is 0.0307. The van der Waals surface area contributed by atoms with E-state index in [4.69, 9.17) is 0 Å². The highest BCUT2D eigenvalue weighted by atomic mass is 14.5. The van der Waals surface area contributed by atoms with Crippen LogP contribution in [0.3, 0.4) is 0 Å². The van der Waals surface area contributed by atoms with Gasteiger partial charge in [-0.1, -0.05) is 90.9 Å². The van der Waals surface area contributed by atoms with E-state index in [2.05, 4.69) is 19.9 Å². The van der Waals surface area contributed by atoms with Gasteiger partial charge in [0.25, 0.3) is 0 Å². The van der Waals surface area contributed by atoms with Gasteiger partial charge in [0.1, 0.15) is 0 Å². The van der Waals surface area contributed by atoms with Gasteiger partial charge in [-0.15, -0.1) is 0 Å². The summed E-state index contributed by atoms with van der Waals surface area (Å²) in [5, 5.41) is 10.2. The highest BCUT2D eigenvalue weighted by Gasteiger charge is 2.39. The second kappa shape index (κ2) is 14.6. The van der Waals surface area contributed by atoms with Gasteiger partial charge in [0, 0.05) is 0 Å². The molecule has 0 atom stereocenters. The van der Waals surface area contributed by atoms with E-state index in [0.717, 1.165) is 41.4 Å². The summed E-state index contributed by atoms with van der Waals surface area (Å²) >= 11 is 0. The summed E-state index contributed by atoms with van der Waals surface area (Å²) in [7, 11) is 0. The predicted molar refractivity (Wildman–Crippen MR) is 155 cm³/mol. The van der Waals surface area contributed by atoms with Crippen LogP contribution in [0.4, 0.5) is 0 Å². The van der Waals surface area contributed by atoms with E-state index in [-0.39, 0.29) is 5.41 Å². The van der Waals surface area contributed by atoms with Crippen LogP contribution in [0.2, 0.25) is 0 Å². The molecule has 0 amide bonds. The molecule has 206 valence electrons. The van der Waals surface area contributed by atoms with Crippen LogP contribution in [0.1, 0.15) is 168 Å². The van der Waals surface area contributed by atoms with E-state index in [9.17, 15) is 5.26 Å². The summed E-state index contributed by atoms with van der Waals surface area (Å²) < 4.78 is 0. The summed E-state index contributed by atoms with van der Waals surface area (Å²) in [6, 6.07) is 2.89. The number of nitriles is 1. The van der Waals surface area contributed by atoms with Crippen molar-refractivity contribution in [2.75, 3.05) is 0 Å². The minimum atomic E-state index is 0.0307. The fraction of sp³-hybridized carbons (Fsp3) is 0.971. The first-order chi connectivity index (χ1) is 17.6. The molecule has 4 saturated carbocycles. The van der Waals surface area contributed by atoms with Gasteiger partial charge in [-0.05, 0) is 118 Å². The summed E-state index contributed by atoms with van der Waals surface area (Å²) in [5.74, 6) is 6.99. The van der Waals surface area contributed by atoms with Crippen LogP contribution < -0.4 is 0 Å². The molecule has 0 aromatic rings. The highest BCUT2D eigenvalue weighted by molar-refractivity contribution is 5.02. The third-order valence-corrected chi connectivity index (χ3v) is 12.2. The monoisotopic (exact) mass is 495 g/mol. The zero-order chi connectivity index (χ0) is 25.2. The molecule has 1 nitrogen and oxygen atoms in total. The molecule has 0 saturated heterocycles. The first-order valence-corrected chi connectivity index (χ1v) is 17.1. The van der Waals surface area contributed by atoms with E-state index in [0.29, 0.717) is 0 Å². The van der Waals surface area contributed by atoms with E-state index >= 15 is 0 Å². The quantitative estimate of drug-likeness (QED) is 0.261. The van der Waals surface area contributed by atoms with Crippen LogP contribution in [0.25, 0.3) is 0 Å². The van der Waals surface area contributed by atoms with Crippen molar-refractivity contribution in [3.8, 4) is 6.07 Å². The average molecular weight is 496 g/mol. The Balaban J connectivity index is 1.12. The Morgan fingerprint density at radius 1 is 0.528 bits per heavy atom. The van der Waals surface area contributed by atoms with Gasteiger partial charge in [0.05, 0.1) is 11.5 Å². The van der Waals surface area contributed by atoms with Crippen molar-refractivity contribution in [2.45, 2.75) is 168 Å². The predicted octanol–water partition coefficient (Wildman–Crippen LogP) is 11.3. The molecular weight excluding hydrogens is 434 g/mol. The first kappa shape index (κ1) is 28.5. The van der Waals surface area contributed by atoms with E-state index in [1.54, 1.807) is 0 Å². The van der Waals surface area contributed by atoms with Crippen molar-refractivity contribution in [2.24, 2.45) is 46.8 Å². The number of hydrogen-bond donors (Lipinski definition) is 0. The third kappa shape index (κ3) is 8.00. The molecule has 0 aromatic carbocycles. The average Bonchev–Trinajstić information content (AvgIpc) is 2.94. The topological polar surface area (TPSA) is 23.8 Å². The van der Waals surface area contributed by atoms with Gasteiger partial charge in [0.2, 0.25) is 0 Å². The molecule has 0 N–H and O–H groups in total. The lowest BCUT2D eigenvalue weighted by Crippen LogP contribution is -2.32. The highest BCUT2D eigenvalue weighted by Crippen LogP contribution is 2.49. The molecule has 0 bridgehead atoms. The maximum Gasteiger partial charge on any atom is 0.0689 e. The lowest BCUT2D eigenvalue weighted by atomic mass is 9.62. The summed E-state index contributed by atoms with van der Waals surface area (Å²) in [5.41, 5.74) is 0.0307. The summed E-state index contributed by atoms with van der Waals surface area (Å²) in [6.07, 6.45) is 34.3. The van der Waals surface area contributed by atoms with E-state index in [1.165, 1.54) is 154 Å². The molecule has 4 aliphatic carbocycles.